The molecule has 11 nitrogen and oxygen atoms in total. The molecule has 0 bridgehead atoms. The molecule has 0 spiro atoms. The SMILES string of the molecule is C=CC(=O)OCCCCCCOc1ccc(C(=O)Oc2ccc(OC(=O)c3ccc(OCCCCCCOC(=O)C=C)cc3)c(C=N)c2)cc1. The van der Waals surface area contributed by atoms with Crippen molar-refractivity contribution in [3.8, 4) is 23.0 Å². The Balaban J connectivity index is 1.39. The van der Waals surface area contributed by atoms with E-state index >= 15 is 0 Å². The summed E-state index contributed by atoms with van der Waals surface area (Å²) in [6, 6.07) is 17.5. The average molecular weight is 686 g/mol. The molecular weight excluding hydrogens is 642 g/mol. The number of carbonyl (C=O) groups excluding carboxylic acids is 4. The molecule has 3 aromatic carbocycles. The zero-order chi connectivity index (χ0) is 36.0. The van der Waals surface area contributed by atoms with Crippen LogP contribution in [0.3, 0.4) is 0 Å². The van der Waals surface area contributed by atoms with E-state index in [2.05, 4.69) is 13.2 Å². The Bertz CT molecular complexity index is 1580. The average Bonchev–Trinajstić information content (AvgIpc) is 3.14. The first-order chi connectivity index (χ1) is 24.3. The molecule has 0 radical (unpaired) electrons. The normalized spacial score (nSPS) is 10.3. The molecule has 0 atom stereocenters. The molecule has 0 heterocycles. The summed E-state index contributed by atoms with van der Waals surface area (Å²) in [5.74, 6) is -0.478. The maximum absolute atomic E-state index is 12.8. The number of hydrogen-bond donors (Lipinski definition) is 1. The summed E-state index contributed by atoms with van der Waals surface area (Å²) in [4.78, 5) is 47.6. The standard InChI is InChI=1S/C39H43NO10/c1-3-36(41)47-25-11-7-5-9-23-45-32-17-13-29(14-18-32)38(43)49-34-21-22-35(31(27-34)28-40)50-39(44)30-15-19-33(20-16-30)46-24-10-6-8-12-26-48-37(42)4-2/h3-4,13-22,27-28,40H,1-2,5-12,23-26H2. The first-order valence-electron chi connectivity index (χ1n) is 16.5. The van der Waals surface area contributed by atoms with E-state index in [1.807, 2.05) is 0 Å². The third kappa shape index (κ3) is 14.2. The third-order valence-corrected chi connectivity index (χ3v) is 7.17. The van der Waals surface area contributed by atoms with Gasteiger partial charge in [-0.05, 0) is 118 Å². The molecule has 0 aliphatic carbocycles. The van der Waals surface area contributed by atoms with E-state index in [0.717, 1.165) is 69.7 Å². The van der Waals surface area contributed by atoms with Crippen molar-refractivity contribution in [2.75, 3.05) is 26.4 Å². The topological polar surface area (TPSA) is 148 Å². The summed E-state index contributed by atoms with van der Waals surface area (Å²) < 4.78 is 32.4. The van der Waals surface area contributed by atoms with Gasteiger partial charge in [-0.3, -0.25) is 0 Å². The number of unbranched alkanes of at least 4 members (excludes halogenated alkanes) is 6. The van der Waals surface area contributed by atoms with Gasteiger partial charge in [-0.15, -0.1) is 0 Å². The van der Waals surface area contributed by atoms with E-state index in [1.54, 1.807) is 48.5 Å². The van der Waals surface area contributed by atoms with Crippen LogP contribution >= 0.6 is 0 Å². The van der Waals surface area contributed by atoms with Crippen molar-refractivity contribution >= 4 is 30.1 Å². The van der Waals surface area contributed by atoms with Crippen molar-refractivity contribution in [1.82, 2.24) is 0 Å². The Labute approximate surface area is 292 Å². The van der Waals surface area contributed by atoms with Gasteiger partial charge in [0.25, 0.3) is 0 Å². The first-order valence-corrected chi connectivity index (χ1v) is 16.5. The molecule has 0 fully saturated rings. The second kappa shape index (κ2) is 22.0. The fourth-order valence-electron chi connectivity index (χ4n) is 4.45. The van der Waals surface area contributed by atoms with Crippen LogP contribution in [0.4, 0.5) is 0 Å². The maximum atomic E-state index is 12.8. The summed E-state index contributed by atoms with van der Waals surface area (Å²) in [5.41, 5.74) is 0.868. The van der Waals surface area contributed by atoms with E-state index in [9.17, 15) is 19.2 Å². The fraction of sp³-hybridized carbons (Fsp3) is 0.308. The summed E-state index contributed by atoms with van der Waals surface area (Å²) >= 11 is 0. The highest BCUT2D eigenvalue weighted by atomic mass is 16.5. The smallest absolute Gasteiger partial charge is 0.343 e. The van der Waals surface area contributed by atoms with Crippen LogP contribution in [-0.4, -0.2) is 56.5 Å². The van der Waals surface area contributed by atoms with Gasteiger partial charge >= 0.3 is 23.9 Å². The lowest BCUT2D eigenvalue weighted by molar-refractivity contribution is -0.138. The molecule has 11 heteroatoms. The van der Waals surface area contributed by atoms with Gasteiger partial charge in [-0.2, -0.15) is 0 Å². The van der Waals surface area contributed by atoms with E-state index < -0.39 is 23.9 Å². The van der Waals surface area contributed by atoms with Crippen molar-refractivity contribution in [2.45, 2.75) is 51.4 Å². The minimum absolute atomic E-state index is 0.141. The molecule has 0 aliphatic rings. The quantitative estimate of drug-likeness (QED) is 0.0351. The van der Waals surface area contributed by atoms with Crippen LogP contribution in [0.15, 0.2) is 92.0 Å². The lowest BCUT2D eigenvalue weighted by atomic mass is 10.2. The lowest BCUT2D eigenvalue weighted by Gasteiger charge is -2.11. The van der Waals surface area contributed by atoms with Crippen LogP contribution in [0.1, 0.15) is 77.6 Å². The van der Waals surface area contributed by atoms with Crippen molar-refractivity contribution in [3.63, 3.8) is 0 Å². The van der Waals surface area contributed by atoms with Crippen molar-refractivity contribution in [3.05, 3.63) is 109 Å². The van der Waals surface area contributed by atoms with Crippen LogP contribution in [0.25, 0.3) is 0 Å². The molecule has 3 aromatic rings. The predicted octanol–water partition coefficient (Wildman–Crippen LogP) is 7.46. The molecule has 0 amide bonds. The highest BCUT2D eigenvalue weighted by Crippen LogP contribution is 2.25. The van der Waals surface area contributed by atoms with E-state index in [4.69, 9.17) is 33.8 Å². The third-order valence-electron chi connectivity index (χ3n) is 7.17. The van der Waals surface area contributed by atoms with E-state index in [0.29, 0.717) is 49.1 Å². The molecule has 0 aliphatic heterocycles. The first kappa shape index (κ1) is 38.7. The summed E-state index contributed by atoms with van der Waals surface area (Å²) in [6.45, 7) is 8.49. The summed E-state index contributed by atoms with van der Waals surface area (Å²) in [7, 11) is 0. The van der Waals surface area contributed by atoms with E-state index in [1.165, 1.54) is 18.2 Å². The van der Waals surface area contributed by atoms with Crippen LogP contribution in [-0.2, 0) is 19.1 Å². The summed E-state index contributed by atoms with van der Waals surface area (Å²) in [5, 5.41) is 7.78. The Morgan fingerprint density at radius 3 is 1.40 bits per heavy atom. The highest BCUT2D eigenvalue weighted by Gasteiger charge is 2.15. The minimum Gasteiger partial charge on any atom is -0.494 e. The maximum Gasteiger partial charge on any atom is 0.343 e. The Hall–Kier alpha value is -5.71. The van der Waals surface area contributed by atoms with Gasteiger partial charge in [0.2, 0.25) is 0 Å². The van der Waals surface area contributed by atoms with Gasteiger partial charge < -0.3 is 33.8 Å². The summed E-state index contributed by atoms with van der Waals surface area (Å²) in [6.07, 6.45) is 10.2. The number of hydrogen-bond acceptors (Lipinski definition) is 11. The molecular formula is C39H43NO10. The number of benzene rings is 3. The second-order valence-corrected chi connectivity index (χ2v) is 10.9. The van der Waals surface area contributed by atoms with Crippen molar-refractivity contribution in [1.29, 1.82) is 5.41 Å². The molecule has 3 rings (SSSR count). The minimum atomic E-state index is -0.615. The van der Waals surface area contributed by atoms with Crippen LogP contribution < -0.4 is 18.9 Å². The molecule has 264 valence electrons. The zero-order valence-electron chi connectivity index (χ0n) is 28.1. The van der Waals surface area contributed by atoms with Crippen LogP contribution in [0.5, 0.6) is 23.0 Å². The lowest BCUT2D eigenvalue weighted by Crippen LogP contribution is -2.11. The van der Waals surface area contributed by atoms with Gasteiger partial charge in [0, 0.05) is 23.9 Å². The predicted molar refractivity (Wildman–Crippen MR) is 187 cm³/mol. The largest absolute Gasteiger partial charge is 0.494 e. The number of nitrogens with one attached hydrogen (secondary N) is 1. The van der Waals surface area contributed by atoms with Crippen molar-refractivity contribution in [2.24, 2.45) is 0 Å². The highest BCUT2D eigenvalue weighted by molar-refractivity contribution is 5.94. The van der Waals surface area contributed by atoms with Gasteiger partial charge in [-0.25, -0.2) is 19.2 Å². The zero-order valence-corrected chi connectivity index (χ0v) is 28.1. The van der Waals surface area contributed by atoms with Crippen LogP contribution in [0.2, 0.25) is 0 Å². The van der Waals surface area contributed by atoms with Gasteiger partial charge in [-0.1, -0.05) is 13.2 Å². The number of carbonyl (C=O) groups is 4. The monoisotopic (exact) mass is 685 g/mol. The van der Waals surface area contributed by atoms with Crippen molar-refractivity contribution < 1.29 is 47.6 Å². The second-order valence-electron chi connectivity index (χ2n) is 10.9. The Morgan fingerprint density at radius 2 is 0.960 bits per heavy atom. The van der Waals surface area contributed by atoms with E-state index in [-0.39, 0.29) is 17.1 Å². The Morgan fingerprint density at radius 1 is 0.540 bits per heavy atom. The van der Waals surface area contributed by atoms with Gasteiger partial charge in [0.05, 0.1) is 37.6 Å². The number of rotatable bonds is 23. The van der Waals surface area contributed by atoms with Crippen LogP contribution in [0, 0.1) is 5.41 Å². The Kier molecular flexibility index (Phi) is 17.1. The molecule has 50 heavy (non-hydrogen) atoms. The fourth-order valence-corrected chi connectivity index (χ4v) is 4.45. The number of ether oxygens (including phenoxy) is 6. The number of esters is 4. The van der Waals surface area contributed by atoms with Gasteiger partial charge in [0.1, 0.15) is 23.0 Å². The molecule has 1 N–H and O–H groups in total. The molecule has 0 unspecified atom stereocenters. The molecule has 0 saturated heterocycles. The molecule has 0 aromatic heterocycles. The van der Waals surface area contributed by atoms with Gasteiger partial charge in [0.15, 0.2) is 0 Å². The molecule has 0 saturated carbocycles.